The van der Waals surface area contributed by atoms with Gasteiger partial charge in [0.2, 0.25) is 15.8 Å². The zero-order valence-corrected chi connectivity index (χ0v) is 17.3. The van der Waals surface area contributed by atoms with Gasteiger partial charge in [-0.1, -0.05) is 24.3 Å². The number of carbonyl (C=O) groups excluding carboxylic acids is 2. The number of nitrogens with zero attached hydrogens (tertiary/aromatic N) is 1. The van der Waals surface area contributed by atoms with Crippen LogP contribution in [0.2, 0.25) is 0 Å². The summed E-state index contributed by atoms with van der Waals surface area (Å²) in [6.45, 7) is 0.683. The molecule has 2 aromatic carbocycles. The Kier molecular flexibility index (Phi) is 6.03. The van der Waals surface area contributed by atoms with Gasteiger partial charge in [0.05, 0.1) is 18.1 Å². The summed E-state index contributed by atoms with van der Waals surface area (Å²) in [5.41, 5.74) is 0.816. The van der Waals surface area contributed by atoms with Crippen molar-refractivity contribution in [2.24, 2.45) is 0 Å². The first-order chi connectivity index (χ1) is 14.9. The number of hydrogen-bond acceptors (Lipinski definition) is 7. The van der Waals surface area contributed by atoms with Crippen LogP contribution in [0, 0.1) is 0 Å². The van der Waals surface area contributed by atoms with Crippen LogP contribution in [-0.2, 0) is 24.3 Å². The number of hydrogen-bond donors (Lipinski definition) is 1. The zero-order chi connectivity index (χ0) is 21.8. The largest absolute Gasteiger partial charge is 0.450 e. The summed E-state index contributed by atoms with van der Waals surface area (Å²) < 4.78 is 42.4. The van der Waals surface area contributed by atoms with Crippen molar-refractivity contribution < 1.29 is 31.9 Å². The first-order valence-corrected chi connectivity index (χ1v) is 11.0. The van der Waals surface area contributed by atoms with E-state index in [0.717, 1.165) is 5.39 Å². The first kappa shape index (κ1) is 21.0. The number of esters is 1. The SMILES string of the molecule is O=C(COC(=O)c1cc2ccccc2o1)Nc1cccc(S(=O)(=O)N2CCOCC2)c1. The van der Waals surface area contributed by atoms with Crippen molar-refractivity contribution in [2.75, 3.05) is 38.2 Å². The number of amides is 1. The van der Waals surface area contributed by atoms with E-state index in [0.29, 0.717) is 18.8 Å². The normalized spacial score (nSPS) is 15.0. The van der Waals surface area contributed by atoms with Crippen molar-refractivity contribution >= 4 is 38.6 Å². The van der Waals surface area contributed by atoms with Crippen LogP contribution < -0.4 is 5.32 Å². The van der Waals surface area contributed by atoms with Crippen LogP contribution in [0.15, 0.2) is 63.9 Å². The predicted octanol–water partition coefficient (Wildman–Crippen LogP) is 2.25. The van der Waals surface area contributed by atoms with Gasteiger partial charge >= 0.3 is 5.97 Å². The van der Waals surface area contributed by atoms with E-state index in [1.807, 2.05) is 6.07 Å². The van der Waals surface area contributed by atoms with E-state index in [-0.39, 0.29) is 29.4 Å². The van der Waals surface area contributed by atoms with Gasteiger partial charge in [-0.25, -0.2) is 13.2 Å². The summed E-state index contributed by atoms with van der Waals surface area (Å²) in [5, 5.41) is 3.28. The van der Waals surface area contributed by atoms with Gasteiger partial charge in [-0.15, -0.1) is 0 Å². The van der Waals surface area contributed by atoms with Crippen LogP contribution in [-0.4, -0.2) is 57.5 Å². The number of rotatable bonds is 6. The van der Waals surface area contributed by atoms with Gasteiger partial charge in [0, 0.05) is 24.2 Å². The van der Waals surface area contributed by atoms with E-state index in [2.05, 4.69) is 5.32 Å². The molecule has 10 heteroatoms. The molecule has 4 rings (SSSR count). The molecule has 9 nitrogen and oxygen atoms in total. The second-order valence-electron chi connectivity index (χ2n) is 6.82. The minimum absolute atomic E-state index is 0.00685. The molecular formula is C21H20N2O7S. The molecule has 1 aliphatic heterocycles. The van der Waals surface area contributed by atoms with Crippen molar-refractivity contribution in [3.63, 3.8) is 0 Å². The van der Waals surface area contributed by atoms with Crippen molar-refractivity contribution in [3.8, 4) is 0 Å². The van der Waals surface area contributed by atoms with Gasteiger partial charge in [0.25, 0.3) is 5.91 Å². The fraction of sp³-hybridized carbons (Fsp3) is 0.238. The molecule has 0 spiro atoms. The van der Waals surface area contributed by atoms with Crippen LogP contribution in [0.3, 0.4) is 0 Å². The molecule has 0 radical (unpaired) electrons. The Morgan fingerprint density at radius 2 is 1.81 bits per heavy atom. The molecule has 1 amide bonds. The van der Waals surface area contributed by atoms with Gasteiger partial charge in [0.15, 0.2) is 6.61 Å². The lowest BCUT2D eigenvalue weighted by molar-refractivity contribution is -0.119. The number of carbonyl (C=O) groups is 2. The zero-order valence-electron chi connectivity index (χ0n) is 16.4. The number of morpholine rings is 1. The average molecular weight is 444 g/mol. The van der Waals surface area contributed by atoms with E-state index >= 15 is 0 Å². The second-order valence-corrected chi connectivity index (χ2v) is 8.76. The fourth-order valence-electron chi connectivity index (χ4n) is 3.15. The number of anilines is 1. The summed E-state index contributed by atoms with van der Waals surface area (Å²) >= 11 is 0. The maximum atomic E-state index is 12.7. The molecule has 0 unspecified atom stereocenters. The first-order valence-electron chi connectivity index (χ1n) is 9.57. The number of para-hydroxylation sites is 1. The minimum atomic E-state index is -3.69. The molecule has 3 aromatic rings. The second kappa shape index (κ2) is 8.88. The topological polar surface area (TPSA) is 115 Å². The summed E-state index contributed by atoms with van der Waals surface area (Å²) in [6, 6.07) is 14.6. The maximum absolute atomic E-state index is 12.7. The molecule has 1 N–H and O–H groups in total. The molecule has 2 heterocycles. The minimum Gasteiger partial charge on any atom is -0.450 e. The maximum Gasteiger partial charge on any atom is 0.374 e. The van der Waals surface area contributed by atoms with E-state index in [1.54, 1.807) is 24.3 Å². The van der Waals surface area contributed by atoms with Gasteiger partial charge in [-0.2, -0.15) is 4.31 Å². The third-order valence-corrected chi connectivity index (χ3v) is 6.58. The summed E-state index contributed by atoms with van der Waals surface area (Å²) in [4.78, 5) is 24.4. The van der Waals surface area contributed by atoms with Gasteiger partial charge < -0.3 is 19.2 Å². The molecule has 0 aliphatic carbocycles. The smallest absolute Gasteiger partial charge is 0.374 e. The molecule has 1 aliphatic rings. The Hall–Kier alpha value is -3.21. The van der Waals surface area contributed by atoms with Crippen LogP contribution in [0.25, 0.3) is 11.0 Å². The van der Waals surface area contributed by atoms with Gasteiger partial charge in [-0.05, 0) is 30.3 Å². The average Bonchev–Trinajstić information content (AvgIpc) is 3.23. The van der Waals surface area contributed by atoms with Crippen LogP contribution in [0.1, 0.15) is 10.6 Å². The monoisotopic (exact) mass is 444 g/mol. The Balaban J connectivity index is 1.37. The number of ether oxygens (including phenoxy) is 2. The fourth-order valence-corrected chi connectivity index (χ4v) is 4.61. The van der Waals surface area contributed by atoms with Crippen LogP contribution in [0.5, 0.6) is 0 Å². The van der Waals surface area contributed by atoms with Gasteiger partial charge in [0.1, 0.15) is 5.58 Å². The third kappa shape index (κ3) is 4.76. The molecular weight excluding hydrogens is 424 g/mol. The number of sulfonamides is 1. The lowest BCUT2D eigenvalue weighted by Gasteiger charge is -2.26. The molecule has 31 heavy (non-hydrogen) atoms. The summed E-state index contributed by atoms with van der Waals surface area (Å²) in [7, 11) is -3.69. The van der Waals surface area contributed by atoms with E-state index < -0.39 is 28.5 Å². The number of nitrogens with one attached hydrogen (secondary N) is 1. The molecule has 162 valence electrons. The highest BCUT2D eigenvalue weighted by molar-refractivity contribution is 7.89. The van der Waals surface area contributed by atoms with Crippen molar-refractivity contribution in [3.05, 3.63) is 60.4 Å². The van der Waals surface area contributed by atoms with Crippen molar-refractivity contribution in [1.29, 1.82) is 0 Å². The molecule has 0 saturated carbocycles. The van der Waals surface area contributed by atoms with Gasteiger partial charge in [-0.3, -0.25) is 4.79 Å². The predicted molar refractivity (Wildman–Crippen MR) is 111 cm³/mol. The van der Waals surface area contributed by atoms with Crippen molar-refractivity contribution in [1.82, 2.24) is 4.31 Å². The summed E-state index contributed by atoms with van der Waals surface area (Å²) in [5.74, 6) is -1.38. The Morgan fingerprint density at radius 3 is 2.58 bits per heavy atom. The summed E-state index contributed by atoms with van der Waals surface area (Å²) in [6.07, 6.45) is 0. The number of fused-ring (bicyclic) bond motifs is 1. The lowest BCUT2D eigenvalue weighted by Crippen LogP contribution is -2.40. The Bertz CT molecular complexity index is 1180. The number of benzene rings is 2. The highest BCUT2D eigenvalue weighted by Crippen LogP contribution is 2.21. The van der Waals surface area contributed by atoms with Crippen LogP contribution >= 0.6 is 0 Å². The van der Waals surface area contributed by atoms with Crippen molar-refractivity contribution in [2.45, 2.75) is 4.90 Å². The highest BCUT2D eigenvalue weighted by Gasteiger charge is 2.26. The molecule has 0 bridgehead atoms. The van der Waals surface area contributed by atoms with Crippen LogP contribution in [0.4, 0.5) is 5.69 Å². The van der Waals surface area contributed by atoms with E-state index in [4.69, 9.17) is 13.9 Å². The lowest BCUT2D eigenvalue weighted by atomic mass is 10.2. The standard InChI is InChI=1S/C21H20N2O7S/c24-20(14-29-21(25)19-12-15-4-1-2-7-18(15)30-19)22-16-5-3-6-17(13-16)31(26,27)23-8-10-28-11-9-23/h1-7,12-13H,8-11,14H2,(H,22,24). The highest BCUT2D eigenvalue weighted by atomic mass is 32.2. The Morgan fingerprint density at radius 1 is 1.03 bits per heavy atom. The molecule has 1 aromatic heterocycles. The number of furan rings is 1. The third-order valence-electron chi connectivity index (χ3n) is 4.69. The van der Waals surface area contributed by atoms with E-state index in [1.165, 1.54) is 28.6 Å². The quantitative estimate of drug-likeness (QED) is 0.580. The Labute approximate surface area is 178 Å². The molecule has 1 fully saturated rings. The molecule has 0 atom stereocenters. The molecule has 1 saturated heterocycles. The van der Waals surface area contributed by atoms with E-state index in [9.17, 15) is 18.0 Å².